The first-order chi connectivity index (χ1) is 6.85. The molecule has 3 heteroatoms. The molecule has 0 aliphatic heterocycles. The molecule has 2 atom stereocenters. The van der Waals surface area contributed by atoms with Crippen LogP contribution in [0.1, 0.15) is 38.5 Å². The van der Waals surface area contributed by atoms with Crippen molar-refractivity contribution in [2.24, 2.45) is 16.4 Å². The number of allylic oxidation sites excluding steroid dienone is 2. The van der Waals surface area contributed by atoms with Crippen molar-refractivity contribution in [1.82, 2.24) is 0 Å². The summed E-state index contributed by atoms with van der Waals surface area (Å²) >= 11 is 0. The number of hydrogen-bond donors (Lipinski definition) is 0. The molecule has 2 unspecified atom stereocenters. The Morgan fingerprint density at radius 1 is 1.50 bits per heavy atom. The lowest BCUT2D eigenvalue weighted by Crippen LogP contribution is -2.10. The van der Waals surface area contributed by atoms with Gasteiger partial charge in [0.05, 0.1) is 0 Å². The van der Waals surface area contributed by atoms with Gasteiger partial charge < -0.3 is 0 Å². The first kappa shape index (κ1) is 9.60. The molecule has 2 aliphatic carbocycles. The second kappa shape index (κ2) is 4.05. The fourth-order valence-electron chi connectivity index (χ4n) is 2.87. The van der Waals surface area contributed by atoms with E-state index >= 15 is 0 Å². The molecule has 0 saturated heterocycles. The van der Waals surface area contributed by atoms with Crippen LogP contribution in [-0.2, 0) is 0 Å². The molecule has 1 saturated carbocycles. The number of hydrogen-bond acceptors (Lipinski definition) is 1. The Hall–Kier alpha value is -0.950. The van der Waals surface area contributed by atoms with E-state index in [0.29, 0.717) is 12.0 Å². The standard InChI is InChI=1S/C11H17N3/c12-14-13-8-2-1-5-11-6-3-10(9-11)4-7-11/h3,6,10H,1-2,4-5,7-9H2. The van der Waals surface area contributed by atoms with Crippen molar-refractivity contribution in [2.75, 3.05) is 6.54 Å². The summed E-state index contributed by atoms with van der Waals surface area (Å²) in [5.74, 6) is 0.882. The Bertz CT molecular complexity index is 278. The third-order valence-corrected chi connectivity index (χ3v) is 3.65. The Morgan fingerprint density at radius 3 is 3.00 bits per heavy atom. The Kier molecular flexibility index (Phi) is 2.78. The minimum atomic E-state index is 0.543. The topological polar surface area (TPSA) is 48.8 Å². The second-order valence-electron chi connectivity index (χ2n) is 4.64. The summed E-state index contributed by atoms with van der Waals surface area (Å²) in [6, 6.07) is 0. The molecule has 0 spiro atoms. The van der Waals surface area contributed by atoms with Crippen LogP contribution in [0.3, 0.4) is 0 Å². The molecule has 2 rings (SSSR count). The SMILES string of the molecule is [N-]=[N+]=NCCCCC12C=CC(CC1)C2. The molecule has 2 bridgehead atoms. The zero-order valence-corrected chi connectivity index (χ0v) is 8.52. The van der Waals surface area contributed by atoms with Gasteiger partial charge in [-0.05, 0) is 49.0 Å². The highest BCUT2D eigenvalue weighted by molar-refractivity contribution is 5.15. The van der Waals surface area contributed by atoms with Gasteiger partial charge in [-0.15, -0.1) is 0 Å². The lowest BCUT2D eigenvalue weighted by atomic mass is 9.82. The molecular formula is C11H17N3. The van der Waals surface area contributed by atoms with Gasteiger partial charge in [0.15, 0.2) is 0 Å². The summed E-state index contributed by atoms with van der Waals surface area (Å²) < 4.78 is 0. The van der Waals surface area contributed by atoms with Crippen molar-refractivity contribution >= 4 is 0 Å². The van der Waals surface area contributed by atoms with Crippen molar-refractivity contribution in [3.05, 3.63) is 22.6 Å². The lowest BCUT2D eigenvalue weighted by molar-refractivity contribution is 0.355. The largest absolute Gasteiger partial charge is 0.0940 e. The monoisotopic (exact) mass is 191 g/mol. The van der Waals surface area contributed by atoms with Crippen LogP contribution in [0.15, 0.2) is 17.3 Å². The lowest BCUT2D eigenvalue weighted by Gasteiger charge is -2.22. The molecule has 0 radical (unpaired) electrons. The molecule has 2 aliphatic rings. The molecule has 1 fully saturated rings. The summed E-state index contributed by atoms with van der Waals surface area (Å²) in [7, 11) is 0. The maximum atomic E-state index is 8.13. The summed E-state index contributed by atoms with van der Waals surface area (Å²) in [4.78, 5) is 2.76. The molecule has 0 aromatic rings. The average Bonchev–Trinajstić information content (AvgIpc) is 2.77. The molecule has 76 valence electrons. The average molecular weight is 191 g/mol. The molecule has 0 heterocycles. The van der Waals surface area contributed by atoms with Gasteiger partial charge >= 0.3 is 0 Å². The van der Waals surface area contributed by atoms with Crippen molar-refractivity contribution in [3.8, 4) is 0 Å². The van der Waals surface area contributed by atoms with Gasteiger partial charge in [0, 0.05) is 11.5 Å². The minimum absolute atomic E-state index is 0.543. The summed E-state index contributed by atoms with van der Waals surface area (Å²) in [5, 5.41) is 3.56. The highest BCUT2D eigenvalue weighted by Crippen LogP contribution is 2.51. The van der Waals surface area contributed by atoms with Crippen molar-refractivity contribution in [2.45, 2.75) is 38.5 Å². The van der Waals surface area contributed by atoms with E-state index in [0.717, 1.165) is 12.3 Å². The summed E-state index contributed by atoms with van der Waals surface area (Å²) in [6.07, 6.45) is 12.5. The van der Waals surface area contributed by atoms with Crippen LogP contribution in [0.4, 0.5) is 0 Å². The highest BCUT2D eigenvalue weighted by atomic mass is 15.1. The fraction of sp³-hybridized carbons (Fsp3) is 0.818. The highest BCUT2D eigenvalue weighted by Gasteiger charge is 2.39. The van der Waals surface area contributed by atoms with E-state index in [-0.39, 0.29) is 0 Å². The van der Waals surface area contributed by atoms with Gasteiger partial charge in [-0.1, -0.05) is 23.7 Å². The van der Waals surface area contributed by atoms with E-state index in [1.165, 1.54) is 32.1 Å². The normalized spacial score (nSPS) is 33.3. The fourth-order valence-corrected chi connectivity index (χ4v) is 2.87. The van der Waals surface area contributed by atoms with Gasteiger partial charge in [0.25, 0.3) is 0 Å². The zero-order valence-electron chi connectivity index (χ0n) is 8.52. The predicted octanol–water partition coefficient (Wildman–Crippen LogP) is 3.82. The van der Waals surface area contributed by atoms with Crippen molar-refractivity contribution in [1.29, 1.82) is 0 Å². The van der Waals surface area contributed by atoms with E-state index in [2.05, 4.69) is 22.2 Å². The molecular weight excluding hydrogens is 174 g/mol. The van der Waals surface area contributed by atoms with E-state index in [4.69, 9.17) is 5.53 Å². The number of azide groups is 1. The van der Waals surface area contributed by atoms with Crippen LogP contribution in [0.25, 0.3) is 10.4 Å². The van der Waals surface area contributed by atoms with Crippen molar-refractivity contribution < 1.29 is 0 Å². The maximum Gasteiger partial charge on any atom is 0.0257 e. The van der Waals surface area contributed by atoms with Gasteiger partial charge in [-0.2, -0.15) is 0 Å². The zero-order chi connectivity index (χ0) is 9.86. The van der Waals surface area contributed by atoms with Crippen LogP contribution in [0, 0.1) is 11.3 Å². The molecule has 0 amide bonds. The molecule has 3 nitrogen and oxygen atoms in total. The first-order valence-corrected chi connectivity index (χ1v) is 5.55. The van der Waals surface area contributed by atoms with Crippen LogP contribution >= 0.6 is 0 Å². The van der Waals surface area contributed by atoms with Gasteiger partial charge in [0.2, 0.25) is 0 Å². The van der Waals surface area contributed by atoms with E-state index < -0.39 is 0 Å². The number of nitrogens with zero attached hydrogens (tertiary/aromatic N) is 3. The van der Waals surface area contributed by atoms with Gasteiger partial charge in [-0.3, -0.25) is 0 Å². The van der Waals surface area contributed by atoms with Crippen molar-refractivity contribution in [3.63, 3.8) is 0 Å². The number of rotatable bonds is 5. The molecule has 0 N–H and O–H groups in total. The van der Waals surface area contributed by atoms with Crippen LogP contribution in [0.5, 0.6) is 0 Å². The quantitative estimate of drug-likeness (QED) is 0.208. The molecule has 0 aromatic heterocycles. The maximum absolute atomic E-state index is 8.13. The Balaban J connectivity index is 1.70. The van der Waals surface area contributed by atoms with E-state index in [9.17, 15) is 0 Å². The summed E-state index contributed by atoms with van der Waals surface area (Å²) in [6.45, 7) is 0.666. The van der Waals surface area contributed by atoms with Crippen LogP contribution in [0.2, 0.25) is 0 Å². The second-order valence-corrected chi connectivity index (χ2v) is 4.64. The summed E-state index contributed by atoms with van der Waals surface area (Å²) in [5.41, 5.74) is 8.67. The van der Waals surface area contributed by atoms with E-state index in [1.54, 1.807) is 0 Å². The minimum Gasteiger partial charge on any atom is -0.0940 e. The number of unbranched alkanes of at least 4 members (excludes halogenated alkanes) is 1. The predicted molar refractivity (Wildman–Crippen MR) is 56.8 cm³/mol. The smallest absolute Gasteiger partial charge is 0.0257 e. The Morgan fingerprint density at radius 2 is 2.43 bits per heavy atom. The van der Waals surface area contributed by atoms with Crippen LogP contribution in [-0.4, -0.2) is 6.54 Å². The Labute approximate surface area is 84.8 Å². The number of fused-ring (bicyclic) bond motifs is 2. The van der Waals surface area contributed by atoms with E-state index in [1.807, 2.05) is 0 Å². The third-order valence-electron chi connectivity index (χ3n) is 3.65. The molecule has 0 aromatic carbocycles. The molecule has 14 heavy (non-hydrogen) atoms. The third kappa shape index (κ3) is 1.93. The first-order valence-electron chi connectivity index (χ1n) is 5.55. The van der Waals surface area contributed by atoms with Crippen LogP contribution < -0.4 is 0 Å². The van der Waals surface area contributed by atoms with Gasteiger partial charge in [0.1, 0.15) is 0 Å². The van der Waals surface area contributed by atoms with Gasteiger partial charge in [-0.25, -0.2) is 0 Å².